The summed E-state index contributed by atoms with van der Waals surface area (Å²) in [7, 11) is 0. The van der Waals surface area contributed by atoms with Gasteiger partial charge in [-0.05, 0) is 86.2 Å². The van der Waals surface area contributed by atoms with Crippen LogP contribution in [0.5, 0.6) is 5.75 Å². The molecule has 3 aliphatic rings. The molecule has 47 heavy (non-hydrogen) atoms. The van der Waals surface area contributed by atoms with Crippen LogP contribution in [-0.2, 0) is 17.8 Å². The van der Waals surface area contributed by atoms with Gasteiger partial charge in [0.05, 0.1) is 8.95 Å². The van der Waals surface area contributed by atoms with Gasteiger partial charge in [-0.25, -0.2) is 9.59 Å². The second kappa shape index (κ2) is 14.3. The van der Waals surface area contributed by atoms with Crippen molar-refractivity contribution in [1.29, 1.82) is 0 Å². The number of piperidine rings is 1. The molecule has 3 N–H and O–H groups in total. The molecule has 14 heteroatoms. The number of hydrogen-bond acceptors (Lipinski definition) is 6. The number of phenols is 1. The topological polar surface area (TPSA) is 138 Å². The summed E-state index contributed by atoms with van der Waals surface area (Å²) in [5.41, 5.74) is 3.17. The van der Waals surface area contributed by atoms with Crippen molar-refractivity contribution in [3.63, 3.8) is 0 Å². The van der Waals surface area contributed by atoms with E-state index in [9.17, 15) is 24.3 Å². The average molecular weight is 769 g/mol. The van der Waals surface area contributed by atoms with Crippen LogP contribution in [0.4, 0.5) is 15.3 Å². The number of urea groups is 2. The number of benzene rings is 2. The molecule has 0 spiro atoms. The number of pyridine rings is 1. The molecule has 0 bridgehead atoms. The molecule has 1 atom stereocenters. The van der Waals surface area contributed by atoms with Crippen molar-refractivity contribution < 1.29 is 24.3 Å². The van der Waals surface area contributed by atoms with Crippen LogP contribution in [-0.4, -0.2) is 105 Å². The molecule has 0 radical (unpaired) electrons. The standard InChI is InChI=1S/C33H35Br2N7O5/c34-25-17-21(18-26(35)29(25)43)19-28(31(45)40-15-13-39(14-16-40)30(44)22-5-9-36-10-6-22)38-32(46)41-11-7-24(8-12-41)42-20-23-3-1-2-4-27(23)37-33(42)47/h1-6,9-10,17-18,24,28,43H,7-8,11-16,19-20H2,(H,37,47)(H,38,46)/t28-/m1/s1. The van der Waals surface area contributed by atoms with E-state index in [2.05, 4.69) is 47.5 Å². The van der Waals surface area contributed by atoms with E-state index in [1.807, 2.05) is 29.2 Å². The van der Waals surface area contributed by atoms with Crippen LogP contribution in [0.25, 0.3) is 0 Å². The van der Waals surface area contributed by atoms with Crippen LogP contribution in [0, 0.1) is 0 Å². The Morgan fingerprint density at radius 3 is 2.23 bits per heavy atom. The summed E-state index contributed by atoms with van der Waals surface area (Å²) in [4.78, 5) is 64.3. The molecule has 6 rings (SSSR count). The third kappa shape index (κ3) is 7.38. The van der Waals surface area contributed by atoms with Crippen molar-refractivity contribution in [3.05, 3.63) is 86.6 Å². The molecule has 3 aromatic rings. The van der Waals surface area contributed by atoms with Gasteiger partial charge >= 0.3 is 12.1 Å². The number of hydrogen-bond donors (Lipinski definition) is 3. The summed E-state index contributed by atoms with van der Waals surface area (Å²) in [5.74, 6) is -0.310. The Balaban J connectivity index is 1.10. The Morgan fingerprint density at radius 2 is 1.55 bits per heavy atom. The van der Waals surface area contributed by atoms with E-state index in [4.69, 9.17) is 0 Å². The zero-order valence-electron chi connectivity index (χ0n) is 25.6. The normalized spacial score (nSPS) is 17.5. The lowest BCUT2D eigenvalue weighted by Crippen LogP contribution is -2.58. The second-order valence-electron chi connectivity index (χ2n) is 11.9. The van der Waals surface area contributed by atoms with Gasteiger partial charge in [-0.15, -0.1) is 0 Å². The number of aromatic hydroxyl groups is 1. The molecule has 1 aromatic heterocycles. The van der Waals surface area contributed by atoms with Crippen LogP contribution in [0.1, 0.15) is 34.3 Å². The first-order valence-electron chi connectivity index (χ1n) is 15.5. The Kier molecular flexibility index (Phi) is 9.97. The Labute approximate surface area is 289 Å². The molecule has 2 saturated heterocycles. The van der Waals surface area contributed by atoms with Crippen molar-refractivity contribution in [2.45, 2.75) is 37.9 Å². The van der Waals surface area contributed by atoms with E-state index in [0.717, 1.165) is 16.8 Å². The van der Waals surface area contributed by atoms with E-state index >= 15 is 0 Å². The van der Waals surface area contributed by atoms with Gasteiger partial charge in [0.25, 0.3) is 5.91 Å². The minimum Gasteiger partial charge on any atom is -0.506 e. The summed E-state index contributed by atoms with van der Waals surface area (Å²) < 4.78 is 0.933. The number of anilines is 1. The first-order chi connectivity index (χ1) is 22.7. The molecule has 4 heterocycles. The van der Waals surface area contributed by atoms with Crippen molar-refractivity contribution >= 4 is 61.4 Å². The fourth-order valence-corrected chi connectivity index (χ4v) is 7.62. The quantitative estimate of drug-likeness (QED) is 0.340. The lowest BCUT2D eigenvalue weighted by Gasteiger charge is -2.41. The number of aromatic nitrogens is 1. The molecular formula is C33H35Br2N7O5. The minimum atomic E-state index is -0.879. The number of fused-ring (bicyclic) bond motifs is 1. The number of phenolic OH excluding ortho intramolecular Hbond substituents is 1. The van der Waals surface area contributed by atoms with Gasteiger partial charge in [-0.1, -0.05) is 18.2 Å². The molecule has 12 nitrogen and oxygen atoms in total. The molecular weight excluding hydrogens is 734 g/mol. The van der Waals surface area contributed by atoms with Crippen LogP contribution in [0.3, 0.4) is 0 Å². The van der Waals surface area contributed by atoms with Crippen LogP contribution >= 0.6 is 31.9 Å². The maximum atomic E-state index is 14.0. The Bertz CT molecular complexity index is 1640. The predicted octanol–water partition coefficient (Wildman–Crippen LogP) is 4.43. The maximum Gasteiger partial charge on any atom is 0.322 e. The first kappa shape index (κ1) is 32.8. The summed E-state index contributed by atoms with van der Waals surface area (Å²) in [6.45, 7) is 2.80. The van der Waals surface area contributed by atoms with Gasteiger partial charge < -0.3 is 35.3 Å². The fraction of sp³-hybridized carbons (Fsp3) is 0.364. The monoisotopic (exact) mass is 767 g/mol. The third-order valence-corrected chi connectivity index (χ3v) is 10.2. The largest absolute Gasteiger partial charge is 0.506 e. The number of para-hydroxylation sites is 1. The summed E-state index contributed by atoms with van der Waals surface area (Å²) in [6.07, 6.45) is 4.58. The van der Waals surface area contributed by atoms with E-state index in [1.165, 1.54) is 0 Å². The van der Waals surface area contributed by atoms with Crippen molar-refractivity contribution in [2.24, 2.45) is 0 Å². The lowest BCUT2D eigenvalue weighted by atomic mass is 10.0. The van der Waals surface area contributed by atoms with Crippen LogP contribution in [0.15, 0.2) is 69.9 Å². The lowest BCUT2D eigenvalue weighted by molar-refractivity contribution is -0.134. The second-order valence-corrected chi connectivity index (χ2v) is 13.6. The van der Waals surface area contributed by atoms with Crippen molar-refractivity contribution in [2.75, 3.05) is 44.6 Å². The summed E-state index contributed by atoms with van der Waals surface area (Å²) >= 11 is 6.72. The zero-order chi connectivity index (χ0) is 33.1. The Morgan fingerprint density at radius 1 is 0.915 bits per heavy atom. The highest BCUT2D eigenvalue weighted by atomic mass is 79.9. The Hall–Kier alpha value is -4.17. The predicted molar refractivity (Wildman–Crippen MR) is 182 cm³/mol. The number of amides is 6. The highest BCUT2D eigenvalue weighted by Gasteiger charge is 2.35. The summed E-state index contributed by atoms with van der Waals surface area (Å²) in [5, 5.41) is 16.2. The summed E-state index contributed by atoms with van der Waals surface area (Å²) in [6, 6.07) is 13.2. The molecule has 2 fully saturated rings. The maximum absolute atomic E-state index is 14.0. The van der Waals surface area contributed by atoms with Gasteiger partial charge in [0.1, 0.15) is 11.8 Å². The number of rotatable bonds is 6. The van der Waals surface area contributed by atoms with Gasteiger partial charge in [-0.3, -0.25) is 14.6 Å². The van der Waals surface area contributed by atoms with E-state index in [0.29, 0.717) is 73.2 Å². The number of carbonyl (C=O) groups excluding carboxylic acids is 4. The van der Waals surface area contributed by atoms with Crippen LogP contribution < -0.4 is 10.6 Å². The van der Waals surface area contributed by atoms with Gasteiger partial charge in [0.2, 0.25) is 5.91 Å². The van der Waals surface area contributed by atoms with Crippen LogP contribution in [0.2, 0.25) is 0 Å². The molecule has 0 unspecified atom stereocenters. The number of piperazine rings is 1. The molecule has 6 amide bonds. The molecule has 0 saturated carbocycles. The highest BCUT2D eigenvalue weighted by molar-refractivity contribution is 9.11. The van der Waals surface area contributed by atoms with Gasteiger partial charge in [-0.2, -0.15) is 0 Å². The molecule has 0 aliphatic carbocycles. The van der Waals surface area contributed by atoms with Crippen molar-refractivity contribution in [3.8, 4) is 5.75 Å². The fourth-order valence-electron chi connectivity index (χ4n) is 6.34. The average Bonchev–Trinajstić information content (AvgIpc) is 3.10. The number of carbonyl (C=O) groups is 4. The number of likely N-dealkylation sites (tertiary alicyclic amines) is 1. The minimum absolute atomic E-state index is 0.0114. The number of nitrogens with one attached hydrogen (secondary N) is 2. The first-order valence-corrected chi connectivity index (χ1v) is 17.1. The molecule has 246 valence electrons. The van der Waals surface area contributed by atoms with E-state index in [-0.39, 0.29) is 42.1 Å². The zero-order valence-corrected chi connectivity index (χ0v) is 28.7. The van der Waals surface area contributed by atoms with E-state index < -0.39 is 6.04 Å². The SMILES string of the molecule is O=C(N[C@H](Cc1cc(Br)c(O)c(Br)c1)C(=O)N1CCN(C(=O)c2ccncc2)CC1)N1CCC(N2Cc3ccccc3NC2=O)CC1. The third-order valence-electron chi connectivity index (χ3n) is 8.97. The number of halogens is 2. The van der Waals surface area contributed by atoms with E-state index in [1.54, 1.807) is 51.4 Å². The molecule has 2 aromatic carbocycles. The molecule has 3 aliphatic heterocycles. The van der Waals surface area contributed by atoms with Gasteiger partial charge in [0, 0.05) is 81.9 Å². The number of nitrogens with zero attached hydrogens (tertiary/aromatic N) is 5. The van der Waals surface area contributed by atoms with Gasteiger partial charge in [0.15, 0.2) is 0 Å². The van der Waals surface area contributed by atoms with Crippen molar-refractivity contribution in [1.82, 2.24) is 29.9 Å². The highest BCUT2D eigenvalue weighted by Crippen LogP contribution is 2.34. The smallest absolute Gasteiger partial charge is 0.322 e.